The molecule has 238 valence electrons. The highest BCUT2D eigenvalue weighted by atomic mass is 16.6. The predicted molar refractivity (Wildman–Crippen MR) is 162 cm³/mol. The van der Waals surface area contributed by atoms with Gasteiger partial charge in [0, 0.05) is 24.9 Å². The number of amides is 3. The Bertz CT molecular complexity index is 1280. The first-order chi connectivity index (χ1) is 21.1. The summed E-state index contributed by atoms with van der Waals surface area (Å²) in [6.45, 7) is 3.39. The molecule has 10 nitrogen and oxygen atoms in total. The molecule has 6 rings (SSSR count). The molecule has 3 N–H and O–H groups in total. The summed E-state index contributed by atoms with van der Waals surface area (Å²) in [6, 6.07) is 5.97. The number of rotatable bonds is 13. The Kier molecular flexibility index (Phi) is 8.84. The second kappa shape index (κ2) is 12.6. The fourth-order valence-corrected chi connectivity index (χ4v) is 7.42. The quantitative estimate of drug-likeness (QED) is 0.232. The molecule has 10 heteroatoms. The summed E-state index contributed by atoms with van der Waals surface area (Å²) in [7, 11) is 1.60. The zero-order valence-corrected chi connectivity index (χ0v) is 25.8. The van der Waals surface area contributed by atoms with E-state index < -0.39 is 17.7 Å². The van der Waals surface area contributed by atoms with Crippen LogP contribution in [0.25, 0.3) is 0 Å². The van der Waals surface area contributed by atoms with Crippen LogP contribution in [0.5, 0.6) is 5.75 Å². The van der Waals surface area contributed by atoms with Gasteiger partial charge in [-0.25, -0.2) is 0 Å². The van der Waals surface area contributed by atoms with Crippen LogP contribution in [0.1, 0.15) is 70.3 Å². The van der Waals surface area contributed by atoms with Crippen molar-refractivity contribution in [2.24, 2.45) is 17.3 Å². The Morgan fingerprint density at radius 2 is 1.68 bits per heavy atom. The number of carbonyl (C=O) groups excluding carboxylic acids is 4. The minimum atomic E-state index is -0.867. The largest absolute Gasteiger partial charge is 0.497 e. The van der Waals surface area contributed by atoms with Crippen LogP contribution in [0.2, 0.25) is 0 Å². The second-order valence-electron chi connectivity index (χ2n) is 13.8. The van der Waals surface area contributed by atoms with Gasteiger partial charge in [-0.15, -0.1) is 0 Å². The van der Waals surface area contributed by atoms with Gasteiger partial charge < -0.3 is 30.2 Å². The normalized spacial score (nSPS) is 31.6. The van der Waals surface area contributed by atoms with Crippen molar-refractivity contribution in [2.75, 3.05) is 26.9 Å². The average molecular weight is 608 g/mol. The molecule has 0 aromatic heterocycles. The Morgan fingerprint density at radius 3 is 2.27 bits per heavy atom. The van der Waals surface area contributed by atoms with Crippen LogP contribution in [0.15, 0.2) is 35.9 Å². The first kappa shape index (κ1) is 30.8. The molecule has 5 aliphatic rings. The van der Waals surface area contributed by atoms with Gasteiger partial charge in [-0.2, -0.15) is 0 Å². The predicted octanol–water partition coefficient (Wildman–Crippen LogP) is 2.78. The van der Waals surface area contributed by atoms with E-state index >= 15 is 0 Å². The third kappa shape index (κ3) is 6.86. The number of hydrogen-bond donors (Lipinski definition) is 3. The highest BCUT2D eigenvalue weighted by Crippen LogP contribution is 2.61. The topological polar surface area (TPSA) is 135 Å². The second-order valence-corrected chi connectivity index (χ2v) is 13.8. The van der Waals surface area contributed by atoms with Gasteiger partial charge in [-0.3, -0.25) is 19.2 Å². The third-order valence-corrected chi connectivity index (χ3v) is 10.3. The first-order valence-corrected chi connectivity index (χ1v) is 16.1. The van der Waals surface area contributed by atoms with Gasteiger partial charge in [0.2, 0.25) is 17.7 Å². The van der Waals surface area contributed by atoms with E-state index in [2.05, 4.69) is 22.0 Å². The molecule has 2 saturated carbocycles. The van der Waals surface area contributed by atoms with E-state index in [1.54, 1.807) is 14.0 Å². The summed E-state index contributed by atoms with van der Waals surface area (Å²) < 4.78 is 16.1. The van der Waals surface area contributed by atoms with E-state index in [0.717, 1.165) is 56.9 Å². The number of nitrogens with one attached hydrogen (secondary N) is 3. The van der Waals surface area contributed by atoms with Crippen LogP contribution in [0, 0.1) is 17.3 Å². The van der Waals surface area contributed by atoms with Crippen LogP contribution in [-0.2, 0) is 35.1 Å². The Labute approximate surface area is 259 Å². The number of epoxide rings is 1. The van der Waals surface area contributed by atoms with Crippen LogP contribution in [0.3, 0.4) is 0 Å². The molecular weight excluding hydrogens is 562 g/mol. The summed E-state index contributed by atoms with van der Waals surface area (Å²) >= 11 is 0. The van der Waals surface area contributed by atoms with Gasteiger partial charge in [0.1, 0.15) is 17.4 Å². The maximum Gasteiger partial charge on any atom is 0.243 e. The molecule has 1 aromatic carbocycles. The van der Waals surface area contributed by atoms with Gasteiger partial charge in [0.05, 0.1) is 32.4 Å². The van der Waals surface area contributed by atoms with E-state index in [0.29, 0.717) is 32.0 Å². The van der Waals surface area contributed by atoms with E-state index in [1.165, 1.54) is 5.57 Å². The highest BCUT2D eigenvalue weighted by Gasteiger charge is 2.57. The molecule has 0 radical (unpaired) electrons. The number of hydrogen-bond acceptors (Lipinski definition) is 7. The molecule has 0 bridgehead atoms. The summed E-state index contributed by atoms with van der Waals surface area (Å²) in [6.07, 6.45) is 9.75. The van der Waals surface area contributed by atoms with Crippen LogP contribution < -0.4 is 20.7 Å². The van der Waals surface area contributed by atoms with Crippen molar-refractivity contribution in [1.82, 2.24) is 16.0 Å². The van der Waals surface area contributed by atoms with Crippen molar-refractivity contribution in [3.8, 4) is 5.75 Å². The fourth-order valence-electron chi connectivity index (χ4n) is 7.42. The lowest BCUT2D eigenvalue weighted by Gasteiger charge is -2.56. The molecule has 3 aliphatic carbocycles. The molecule has 2 aliphatic heterocycles. The molecule has 1 aromatic rings. The van der Waals surface area contributed by atoms with E-state index in [-0.39, 0.29) is 53.2 Å². The first-order valence-electron chi connectivity index (χ1n) is 16.1. The number of benzene rings is 1. The lowest BCUT2D eigenvalue weighted by molar-refractivity contribution is -0.151. The molecule has 44 heavy (non-hydrogen) atoms. The maximum absolute atomic E-state index is 13.8. The van der Waals surface area contributed by atoms with Gasteiger partial charge >= 0.3 is 0 Å². The van der Waals surface area contributed by atoms with Gasteiger partial charge in [0.15, 0.2) is 5.78 Å². The van der Waals surface area contributed by atoms with Gasteiger partial charge in [-0.05, 0) is 87.8 Å². The molecule has 1 unspecified atom stereocenters. The van der Waals surface area contributed by atoms with Crippen molar-refractivity contribution < 1.29 is 33.4 Å². The van der Waals surface area contributed by atoms with Crippen molar-refractivity contribution in [1.29, 1.82) is 0 Å². The number of carbonyl (C=O) groups is 4. The molecule has 2 saturated heterocycles. The van der Waals surface area contributed by atoms with Crippen LogP contribution in [0.4, 0.5) is 0 Å². The number of methoxy groups -OCH3 is 1. The van der Waals surface area contributed by atoms with Crippen molar-refractivity contribution in [3.63, 3.8) is 0 Å². The molecule has 4 fully saturated rings. The van der Waals surface area contributed by atoms with Crippen molar-refractivity contribution in [3.05, 3.63) is 41.5 Å². The van der Waals surface area contributed by atoms with Crippen LogP contribution >= 0.6 is 0 Å². The summed E-state index contributed by atoms with van der Waals surface area (Å²) in [5.41, 5.74) is 1.22. The number of Topliss-reactive ketones (excluding diaryl/α,β-unsaturated/α-hetero) is 1. The average Bonchev–Trinajstić information content (AvgIpc) is 3.30. The Hall–Kier alpha value is -3.24. The highest BCUT2D eigenvalue weighted by molar-refractivity contribution is 5.98. The summed E-state index contributed by atoms with van der Waals surface area (Å²) in [5, 5.41) is 9.12. The standard InChI is InChI=1S/C34H45N3O7/c1-33(20-44-33)29(38)27(13-21-5-3-4-6-21)36-32(41)28(14-22-7-9-26(42-2)10-8-22)37-31(40)24-17-34(18-24)15-23(16-34)30(39)35-25-11-12-43-19-25/h5,7-10,23-25,27-28H,3-4,6,11-20H2,1-2H3,(H,35,39)(H,36,41)(H,37,40)/t23?,24?,25?,27-,28-,33+,34?/m0/s1. The van der Waals surface area contributed by atoms with Gasteiger partial charge in [-0.1, -0.05) is 23.8 Å². The van der Waals surface area contributed by atoms with E-state index in [4.69, 9.17) is 14.2 Å². The number of allylic oxidation sites excluding steroid dienone is 1. The monoisotopic (exact) mass is 607 g/mol. The van der Waals surface area contributed by atoms with E-state index in [9.17, 15) is 19.2 Å². The van der Waals surface area contributed by atoms with Crippen LogP contribution in [-0.4, -0.2) is 74.2 Å². The summed E-state index contributed by atoms with van der Waals surface area (Å²) in [5.74, 6) is -0.0600. The third-order valence-electron chi connectivity index (χ3n) is 10.3. The summed E-state index contributed by atoms with van der Waals surface area (Å²) in [4.78, 5) is 53.3. The molecule has 3 amide bonds. The minimum Gasteiger partial charge on any atom is -0.497 e. The zero-order valence-electron chi connectivity index (χ0n) is 25.8. The molecule has 1 spiro atoms. The zero-order chi connectivity index (χ0) is 30.9. The molecule has 2 heterocycles. The lowest BCUT2D eigenvalue weighted by atomic mass is 9.48. The van der Waals surface area contributed by atoms with E-state index in [1.807, 2.05) is 24.3 Å². The fraction of sp³-hybridized carbons (Fsp3) is 0.647. The van der Waals surface area contributed by atoms with Crippen molar-refractivity contribution >= 4 is 23.5 Å². The Balaban J connectivity index is 1.08. The maximum atomic E-state index is 13.8. The SMILES string of the molecule is COc1ccc(C[C@H](NC(=O)C2CC3(CC(C(=O)NC4CCOC4)C3)C2)C(=O)N[C@@H](CC2=CCCC2)C(=O)[C@@]2(C)CO2)cc1. The number of ketones is 1. The molecular formula is C34H45N3O7. The number of ether oxygens (including phenoxy) is 3. The smallest absolute Gasteiger partial charge is 0.243 e. The Morgan fingerprint density at radius 1 is 0.977 bits per heavy atom. The minimum absolute atomic E-state index is 0.00466. The molecule has 4 atom stereocenters. The van der Waals surface area contributed by atoms with Crippen molar-refractivity contribution in [2.45, 2.75) is 94.9 Å². The lowest BCUT2D eigenvalue weighted by Crippen LogP contribution is -2.59. The van der Waals surface area contributed by atoms with Gasteiger partial charge in [0.25, 0.3) is 0 Å².